The molecule has 3 aliphatic rings. The zero-order valence-corrected chi connectivity index (χ0v) is 19.1. The van der Waals surface area contributed by atoms with Crippen molar-refractivity contribution in [1.82, 2.24) is 14.8 Å². The predicted molar refractivity (Wildman–Crippen MR) is 114 cm³/mol. The normalized spacial score (nSPS) is 29.4. The smallest absolute Gasteiger partial charge is 0.193 e. The lowest BCUT2D eigenvalue weighted by Crippen LogP contribution is -2.72. The Labute approximate surface area is 175 Å². The average molecular weight is 523 g/mol. The maximum absolute atomic E-state index is 6.03. The number of halogens is 2. The molecular formula is C18H28BrIN4O. The number of hydrogen-bond donors (Lipinski definition) is 1. The van der Waals surface area contributed by atoms with E-state index >= 15 is 0 Å². The maximum atomic E-state index is 6.03. The highest BCUT2D eigenvalue weighted by Gasteiger charge is 2.66. The summed E-state index contributed by atoms with van der Waals surface area (Å²) in [6.07, 6.45) is 7.73. The first-order chi connectivity index (χ1) is 11.5. The van der Waals surface area contributed by atoms with Crippen LogP contribution >= 0.6 is 39.9 Å². The van der Waals surface area contributed by atoms with Gasteiger partial charge < -0.3 is 19.5 Å². The first-order valence-electron chi connectivity index (χ1n) is 8.92. The van der Waals surface area contributed by atoms with Crippen molar-refractivity contribution in [3.05, 3.63) is 22.4 Å². The number of aromatic nitrogens is 1. The number of aliphatic imine (C=N–C) groups is 1. The molecule has 3 unspecified atom stereocenters. The van der Waals surface area contributed by atoms with Crippen LogP contribution < -0.4 is 5.32 Å². The summed E-state index contributed by atoms with van der Waals surface area (Å²) in [5.41, 5.74) is 1.65. The molecule has 0 amide bonds. The van der Waals surface area contributed by atoms with Crippen LogP contribution in [-0.4, -0.2) is 48.3 Å². The molecule has 4 rings (SSSR count). The van der Waals surface area contributed by atoms with Crippen LogP contribution in [0, 0.1) is 11.3 Å². The molecule has 3 atom stereocenters. The molecule has 0 bridgehead atoms. The van der Waals surface area contributed by atoms with Crippen LogP contribution in [0.3, 0.4) is 0 Å². The first-order valence-corrected chi connectivity index (χ1v) is 9.71. The molecule has 3 fully saturated rings. The van der Waals surface area contributed by atoms with Gasteiger partial charge in [-0.1, -0.05) is 6.42 Å². The van der Waals surface area contributed by atoms with Crippen LogP contribution in [0.5, 0.6) is 0 Å². The minimum atomic E-state index is 0. The van der Waals surface area contributed by atoms with Gasteiger partial charge in [0.1, 0.15) is 0 Å². The molecule has 1 saturated heterocycles. The molecule has 25 heavy (non-hydrogen) atoms. The number of guanidine groups is 1. The number of aryl methyl sites for hydroxylation is 1. The van der Waals surface area contributed by atoms with Gasteiger partial charge in [0.15, 0.2) is 5.96 Å². The Morgan fingerprint density at radius 2 is 2.28 bits per heavy atom. The van der Waals surface area contributed by atoms with E-state index in [1.807, 2.05) is 7.05 Å². The Balaban J connectivity index is 0.00000182. The second kappa shape index (κ2) is 7.38. The van der Waals surface area contributed by atoms with Gasteiger partial charge in [-0.05, 0) is 41.3 Å². The summed E-state index contributed by atoms with van der Waals surface area (Å²) in [6, 6.07) is 2.70. The van der Waals surface area contributed by atoms with E-state index < -0.39 is 0 Å². The molecule has 2 heterocycles. The molecule has 1 aromatic heterocycles. The van der Waals surface area contributed by atoms with Crippen molar-refractivity contribution in [3.63, 3.8) is 0 Å². The van der Waals surface area contributed by atoms with Crippen molar-refractivity contribution in [2.75, 3.05) is 20.7 Å². The fraction of sp³-hybridized carbons (Fsp3) is 0.722. The van der Waals surface area contributed by atoms with Gasteiger partial charge in [0.05, 0.1) is 12.6 Å². The topological polar surface area (TPSA) is 41.8 Å². The fourth-order valence-corrected chi connectivity index (χ4v) is 5.55. The predicted octanol–water partition coefficient (Wildman–Crippen LogP) is 3.37. The van der Waals surface area contributed by atoms with E-state index in [9.17, 15) is 0 Å². The summed E-state index contributed by atoms with van der Waals surface area (Å²) in [6.45, 7) is 1.77. The second-order valence-corrected chi connectivity index (χ2v) is 8.53. The minimum absolute atomic E-state index is 0. The SMILES string of the molecule is CN=C(NC1C2CCOC2C12CCC2)N(C)Cc1cc(Br)cn1C.I. The van der Waals surface area contributed by atoms with Crippen molar-refractivity contribution in [3.8, 4) is 0 Å². The Morgan fingerprint density at radius 1 is 1.52 bits per heavy atom. The summed E-state index contributed by atoms with van der Waals surface area (Å²) < 4.78 is 9.31. The van der Waals surface area contributed by atoms with Crippen molar-refractivity contribution in [1.29, 1.82) is 0 Å². The third-order valence-electron chi connectivity index (χ3n) is 6.37. The molecule has 140 valence electrons. The van der Waals surface area contributed by atoms with E-state index in [-0.39, 0.29) is 24.0 Å². The molecule has 7 heteroatoms. The quantitative estimate of drug-likeness (QED) is 0.376. The summed E-state index contributed by atoms with van der Waals surface area (Å²) in [5.74, 6) is 1.66. The molecule has 1 spiro atoms. The average Bonchev–Trinajstić information content (AvgIpc) is 3.03. The number of fused-ring (bicyclic) bond motifs is 2. The van der Waals surface area contributed by atoms with Gasteiger partial charge in [-0.15, -0.1) is 24.0 Å². The number of hydrogen-bond acceptors (Lipinski definition) is 2. The van der Waals surface area contributed by atoms with Crippen LogP contribution in [0.1, 0.15) is 31.4 Å². The monoisotopic (exact) mass is 522 g/mol. The van der Waals surface area contributed by atoms with Crippen molar-refractivity contribution in [2.45, 2.75) is 44.4 Å². The van der Waals surface area contributed by atoms with Crippen LogP contribution in [0.2, 0.25) is 0 Å². The van der Waals surface area contributed by atoms with E-state index in [4.69, 9.17) is 4.74 Å². The Morgan fingerprint density at radius 3 is 2.84 bits per heavy atom. The lowest BCUT2D eigenvalue weighted by atomic mass is 9.46. The third kappa shape index (κ3) is 3.14. The molecule has 1 aromatic rings. The van der Waals surface area contributed by atoms with Gasteiger partial charge in [-0.3, -0.25) is 4.99 Å². The number of ether oxygens (including phenoxy) is 1. The molecule has 1 aliphatic heterocycles. The summed E-state index contributed by atoms with van der Waals surface area (Å²) >= 11 is 3.55. The first kappa shape index (κ1) is 19.5. The van der Waals surface area contributed by atoms with Gasteiger partial charge in [-0.25, -0.2) is 0 Å². The van der Waals surface area contributed by atoms with E-state index in [2.05, 4.69) is 62.1 Å². The Hall–Kier alpha value is -0.280. The lowest BCUT2D eigenvalue weighted by molar-refractivity contribution is -0.171. The van der Waals surface area contributed by atoms with E-state index in [1.165, 1.54) is 31.4 Å². The van der Waals surface area contributed by atoms with E-state index in [0.717, 1.165) is 23.6 Å². The van der Waals surface area contributed by atoms with Crippen molar-refractivity contribution in [2.24, 2.45) is 23.4 Å². The summed E-state index contributed by atoms with van der Waals surface area (Å²) in [4.78, 5) is 6.77. The Kier molecular flexibility index (Phi) is 5.75. The second-order valence-electron chi connectivity index (χ2n) is 7.62. The molecule has 2 saturated carbocycles. The van der Waals surface area contributed by atoms with Gasteiger partial charge in [0.25, 0.3) is 0 Å². The highest BCUT2D eigenvalue weighted by atomic mass is 127. The van der Waals surface area contributed by atoms with Crippen LogP contribution in [0.4, 0.5) is 0 Å². The van der Waals surface area contributed by atoms with Crippen LogP contribution in [-0.2, 0) is 18.3 Å². The van der Waals surface area contributed by atoms with Gasteiger partial charge in [0.2, 0.25) is 0 Å². The maximum Gasteiger partial charge on any atom is 0.193 e. The van der Waals surface area contributed by atoms with E-state index in [0.29, 0.717) is 23.5 Å². The highest BCUT2D eigenvalue weighted by molar-refractivity contribution is 14.0. The number of rotatable bonds is 3. The van der Waals surface area contributed by atoms with Crippen molar-refractivity contribution < 1.29 is 4.74 Å². The molecule has 5 nitrogen and oxygen atoms in total. The lowest BCUT2D eigenvalue weighted by Gasteiger charge is -2.63. The highest BCUT2D eigenvalue weighted by Crippen LogP contribution is 2.62. The van der Waals surface area contributed by atoms with Gasteiger partial charge in [0, 0.05) is 61.5 Å². The Bertz CT molecular complexity index is 658. The molecule has 0 radical (unpaired) electrons. The zero-order chi connectivity index (χ0) is 16.9. The van der Waals surface area contributed by atoms with Gasteiger partial charge >= 0.3 is 0 Å². The zero-order valence-electron chi connectivity index (χ0n) is 15.2. The van der Waals surface area contributed by atoms with E-state index in [1.54, 1.807) is 0 Å². The van der Waals surface area contributed by atoms with Crippen molar-refractivity contribution >= 4 is 45.9 Å². The largest absolute Gasteiger partial charge is 0.377 e. The van der Waals surface area contributed by atoms with Crippen LogP contribution in [0.15, 0.2) is 21.7 Å². The van der Waals surface area contributed by atoms with Crippen LogP contribution in [0.25, 0.3) is 0 Å². The van der Waals surface area contributed by atoms with Gasteiger partial charge in [-0.2, -0.15) is 0 Å². The number of nitrogens with one attached hydrogen (secondary N) is 1. The standard InChI is InChI=1S/C18H27BrN4O.HI/c1-20-17(23(3)11-13-9-12(19)10-22(13)2)21-15-14-5-8-24-16(14)18(15)6-4-7-18;/h9-10,14-16H,4-8,11H2,1-3H3,(H,20,21);1H. The minimum Gasteiger partial charge on any atom is -0.377 e. The fourth-order valence-electron chi connectivity index (χ4n) is 4.98. The number of nitrogens with zero attached hydrogens (tertiary/aromatic N) is 3. The molecular weight excluding hydrogens is 495 g/mol. The summed E-state index contributed by atoms with van der Waals surface area (Å²) in [5, 5.41) is 3.79. The molecule has 2 aliphatic carbocycles. The third-order valence-corrected chi connectivity index (χ3v) is 6.80. The summed E-state index contributed by atoms with van der Waals surface area (Å²) in [7, 11) is 6.08. The molecule has 0 aromatic carbocycles. The molecule has 1 N–H and O–H groups in total.